The first-order valence-electron chi connectivity index (χ1n) is 10.2. The molecule has 0 aliphatic rings. The lowest BCUT2D eigenvalue weighted by Gasteiger charge is -2.13. The summed E-state index contributed by atoms with van der Waals surface area (Å²) in [4.78, 5) is 25.2. The van der Waals surface area contributed by atoms with Gasteiger partial charge in [-0.05, 0) is 54.4 Å². The highest BCUT2D eigenvalue weighted by molar-refractivity contribution is 6.31. The summed E-state index contributed by atoms with van der Waals surface area (Å²) in [6, 6.07) is 14.2. The van der Waals surface area contributed by atoms with Crippen LogP contribution in [0.4, 0.5) is 18.9 Å². The standard InChI is InChI=1S/C25H16Cl2F3NO4/c1-13-2-7-16(10-19(13)27)31-21(32)12-34-17-8-9-18-20(11-17)35-24(25(28,29)30)22(23(18)33)14-3-5-15(26)6-4-14/h2-11H,12H2,1H3,(H,31,32). The minimum atomic E-state index is -4.94. The quantitative estimate of drug-likeness (QED) is 0.303. The Bertz CT molecular complexity index is 1480. The molecule has 5 nitrogen and oxygen atoms in total. The van der Waals surface area contributed by atoms with Gasteiger partial charge in [0.05, 0.1) is 10.9 Å². The number of halogens is 5. The van der Waals surface area contributed by atoms with Crippen LogP contribution in [0, 0.1) is 6.92 Å². The number of hydrogen-bond donors (Lipinski definition) is 1. The number of carbonyl (C=O) groups is 1. The number of ether oxygens (including phenoxy) is 1. The van der Waals surface area contributed by atoms with Gasteiger partial charge in [-0.3, -0.25) is 9.59 Å². The predicted octanol–water partition coefficient (Wildman–Crippen LogP) is 7.11. The van der Waals surface area contributed by atoms with Crippen LogP contribution in [-0.4, -0.2) is 12.5 Å². The first kappa shape index (κ1) is 24.6. The lowest BCUT2D eigenvalue weighted by molar-refractivity contribution is -0.152. The normalized spacial score (nSPS) is 11.5. The zero-order valence-electron chi connectivity index (χ0n) is 18.0. The van der Waals surface area contributed by atoms with Crippen LogP contribution in [0.25, 0.3) is 22.1 Å². The second-order valence-corrected chi connectivity index (χ2v) is 8.44. The Morgan fingerprint density at radius 3 is 2.40 bits per heavy atom. The van der Waals surface area contributed by atoms with Crippen LogP contribution >= 0.6 is 23.2 Å². The summed E-state index contributed by atoms with van der Waals surface area (Å²) in [6.07, 6.45) is -4.94. The molecule has 1 heterocycles. The Labute approximate surface area is 207 Å². The van der Waals surface area contributed by atoms with E-state index in [4.69, 9.17) is 32.4 Å². The summed E-state index contributed by atoms with van der Waals surface area (Å²) in [6.45, 7) is 1.38. The fourth-order valence-electron chi connectivity index (χ4n) is 3.36. The van der Waals surface area contributed by atoms with Gasteiger partial charge in [0.15, 0.2) is 6.61 Å². The Balaban J connectivity index is 1.62. The molecule has 10 heteroatoms. The van der Waals surface area contributed by atoms with Crippen molar-refractivity contribution in [2.24, 2.45) is 0 Å². The molecule has 0 atom stereocenters. The molecule has 0 aliphatic carbocycles. The SMILES string of the molecule is Cc1ccc(NC(=O)COc2ccc3c(=O)c(-c4ccc(Cl)cc4)c(C(F)(F)F)oc3c2)cc1Cl. The maximum absolute atomic E-state index is 13.8. The number of rotatable bonds is 5. The van der Waals surface area contributed by atoms with Crippen molar-refractivity contribution in [2.75, 3.05) is 11.9 Å². The fourth-order valence-corrected chi connectivity index (χ4v) is 3.66. The molecule has 0 bridgehead atoms. The summed E-state index contributed by atoms with van der Waals surface area (Å²) in [5, 5.41) is 3.32. The third-order valence-electron chi connectivity index (χ3n) is 5.08. The van der Waals surface area contributed by atoms with E-state index in [1.165, 1.54) is 36.4 Å². The van der Waals surface area contributed by atoms with Crippen molar-refractivity contribution in [3.8, 4) is 16.9 Å². The lowest BCUT2D eigenvalue weighted by Crippen LogP contribution is -2.20. The van der Waals surface area contributed by atoms with Crippen molar-refractivity contribution >= 4 is 45.8 Å². The van der Waals surface area contributed by atoms with E-state index in [0.29, 0.717) is 15.7 Å². The zero-order chi connectivity index (χ0) is 25.3. The highest BCUT2D eigenvalue weighted by atomic mass is 35.5. The monoisotopic (exact) mass is 521 g/mol. The minimum Gasteiger partial charge on any atom is -0.484 e. The highest BCUT2D eigenvalue weighted by Gasteiger charge is 2.39. The third-order valence-corrected chi connectivity index (χ3v) is 5.74. The van der Waals surface area contributed by atoms with Crippen LogP contribution in [0.2, 0.25) is 10.0 Å². The number of hydrogen-bond acceptors (Lipinski definition) is 4. The van der Waals surface area contributed by atoms with Gasteiger partial charge in [-0.2, -0.15) is 13.2 Å². The van der Waals surface area contributed by atoms with Gasteiger partial charge in [-0.1, -0.05) is 41.4 Å². The van der Waals surface area contributed by atoms with Crippen molar-refractivity contribution in [3.63, 3.8) is 0 Å². The summed E-state index contributed by atoms with van der Waals surface area (Å²) >= 11 is 11.9. The number of alkyl halides is 3. The first-order chi connectivity index (χ1) is 16.5. The number of anilines is 1. The van der Waals surface area contributed by atoms with Crippen LogP contribution in [0.1, 0.15) is 11.3 Å². The largest absolute Gasteiger partial charge is 0.484 e. The summed E-state index contributed by atoms with van der Waals surface area (Å²) in [5.74, 6) is -1.91. The first-order valence-corrected chi connectivity index (χ1v) is 10.9. The average Bonchev–Trinajstić information content (AvgIpc) is 2.80. The van der Waals surface area contributed by atoms with Gasteiger partial charge in [0.1, 0.15) is 11.3 Å². The van der Waals surface area contributed by atoms with E-state index in [9.17, 15) is 22.8 Å². The number of nitrogens with one attached hydrogen (secondary N) is 1. The van der Waals surface area contributed by atoms with Crippen molar-refractivity contribution < 1.29 is 27.1 Å². The van der Waals surface area contributed by atoms with Gasteiger partial charge in [0, 0.05) is 21.8 Å². The molecular formula is C25H16Cl2F3NO4. The van der Waals surface area contributed by atoms with E-state index in [-0.39, 0.29) is 22.3 Å². The van der Waals surface area contributed by atoms with Crippen LogP contribution in [-0.2, 0) is 11.0 Å². The molecule has 35 heavy (non-hydrogen) atoms. The molecule has 0 radical (unpaired) electrons. The summed E-state index contributed by atoms with van der Waals surface area (Å²) in [7, 11) is 0. The van der Waals surface area contributed by atoms with Gasteiger partial charge >= 0.3 is 6.18 Å². The molecular weight excluding hydrogens is 506 g/mol. The van der Waals surface area contributed by atoms with Gasteiger partial charge in [0.25, 0.3) is 5.91 Å². The van der Waals surface area contributed by atoms with Crippen LogP contribution in [0.15, 0.2) is 69.9 Å². The fraction of sp³-hybridized carbons (Fsp3) is 0.120. The Hall–Kier alpha value is -3.49. The highest BCUT2D eigenvalue weighted by Crippen LogP contribution is 2.38. The molecule has 3 aromatic carbocycles. The maximum atomic E-state index is 13.8. The molecule has 0 saturated heterocycles. The van der Waals surface area contributed by atoms with E-state index in [1.807, 2.05) is 6.92 Å². The Morgan fingerprint density at radius 2 is 1.74 bits per heavy atom. The molecule has 4 aromatic rings. The van der Waals surface area contributed by atoms with Crippen molar-refractivity contribution in [3.05, 3.63) is 92.3 Å². The maximum Gasteiger partial charge on any atom is 0.450 e. The molecule has 4 rings (SSSR count). The van der Waals surface area contributed by atoms with Gasteiger partial charge < -0.3 is 14.5 Å². The van der Waals surface area contributed by atoms with E-state index in [2.05, 4.69) is 5.32 Å². The van der Waals surface area contributed by atoms with Crippen molar-refractivity contribution in [2.45, 2.75) is 13.1 Å². The molecule has 0 spiro atoms. The molecule has 0 fully saturated rings. The molecule has 180 valence electrons. The van der Waals surface area contributed by atoms with Crippen LogP contribution in [0.5, 0.6) is 5.75 Å². The third kappa shape index (κ3) is 5.44. The van der Waals surface area contributed by atoms with Crippen molar-refractivity contribution in [1.29, 1.82) is 0 Å². The van der Waals surface area contributed by atoms with E-state index >= 15 is 0 Å². The van der Waals surface area contributed by atoms with Gasteiger partial charge in [-0.15, -0.1) is 0 Å². The second kappa shape index (κ2) is 9.64. The minimum absolute atomic E-state index is 0.0191. The van der Waals surface area contributed by atoms with Crippen molar-refractivity contribution in [1.82, 2.24) is 0 Å². The molecule has 1 amide bonds. The Morgan fingerprint density at radius 1 is 1.03 bits per heavy atom. The van der Waals surface area contributed by atoms with Gasteiger partial charge in [-0.25, -0.2) is 0 Å². The van der Waals surface area contributed by atoms with Gasteiger partial charge in [0.2, 0.25) is 11.2 Å². The number of amides is 1. The lowest BCUT2D eigenvalue weighted by atomic mass is 10.0. The molecule has 1 aromatic heterocycles. The topological polar surface area (TPSA) is 68.5 Å². The van der Waals surface area contributed by atoms with Crippen LogP contribution < -0.4 is 15.5 Å². The number of fused-ring (bicyclic) bond motifs is 1. The summed E-state index contributed by atoms with van der Waals surface area (Å²) < 4.78 is 51.9. The van der Waals surface area contributed by atoms with Crippen LogP contribution in [0.3, 0.4) is 0 Å². The Kier molecular flexibility index (Phi) is 6.78. The molecule has 0 saturated carbocycles. The molecule has 0 aliphatic heterocycles. The number of aryl methyl sites for hydroxylation is 1. The molecule has 1 N–H and O–H groups in total. The second-order valence-electron chi connectivity index (χ2n) is 7.60. The van der Waals surface area contributed by atoms with E-state index in [1.54, 1.807) is 18.2 Å². The molecule has 0 unspecified atom stereocenters. The van der Waals surface area contributed by atoms with E-state index < -0.39 is 35.4 Å². The number of carbonyl (C=O) groups excluding carboxylic acids is 1. The average molecular weight is 522 g/mol. The van der Waals surface area contributed by atoms with E-state index in [0.717, 1.165) is 11.6 Å². The smallest absolute Gasteiger partial charge is 0.450 e. The zero-order valence-corrected chi connectivity index (χ0v) is 19.5. The predicted molar refractivity (Wildman–Crippen MR) is 128 cm³/mol. The summed E-state index contributed by atoms with van der Waals surface area (Å²) in [5.41, 5.74) is -0.485. The number of benzene rings is 3.